The van der Waals surface area contributed by atoms with E-state index in [1.165, 1.54) is 4.88 Å². The molecule has 0 spiro atoms. The molecule has 3 nitrogen and oxygen atoms in total. The molecule has 0 aliphatic rings. The van der Waals surface area contributed by atoms with E-state index in [9.17, 15) is 0 Å². The van der Waals surface area contributed by atoms with Crippen LogP contribution in [0, 0.1) is 0 Å². The maximum atomic E-state index is 5.60. The molecule has 0 aliphatic heterocycles. The molecule has 0 aromatic carbocycles. The Morgan fingerprint density at radius 2 is 2.40 bits per heavy atom. The number of thiophene rings is 1. The molecular weight excluding hydrogens is 208 g/mol. The van der Waals surface area contributed by atoms with Crippen molar-refractivity contribution in [3.63, 3.8) is 0 Å². The number of oxazole rings is 1. The van der Waals surface area contributed by atoms with E-state index in [2.05, 4.69) is 16.4 Å². The second kappa shape index (κ2) is 5.09. The summed E-state index contributed by atoms with van der Waals surface area (Å²) in [5.74, 6) is 1.73. The zero-order chi connectivity index (χ0) is 10.5. The van der Waals surface area contributed by atoms with Crippen LogP contribution in [-0.4, -0.2) is 11.5 Å². The first kappa shape index (κ1) is 10.4. The van der Waals surface area contributed by atoms with Crippen molar-refractivity contribution in [3.05, 3.63) is 40.2 Å². The number of nitrogens with zero attached hydrogens (tertiary/aromatic N) is 1. The van der Waals surface area contributed by atoms with Crippen molar-refractivity contribution < 1.29 is 4.42 Å². The van der Waals surface area contributed by atoms with Crippen LogP contribution in [0.3, 0.4) is 0 Å². The number of aryl methyl sites for hydroxylation is 1. The molecule has 15 heavy (non-hydrogen) atoms. The fourth-order valence-electron chi connectivity index (χ4n) is 1.38. The molecule has 0 unspecified atom stereocenters. The van der Waals surface area contributed by atoms with Gasteiger partial charge in [-0.2, -0.15) is 0 Å². The highest BCUT2D eigenvalue weighted by Crippen LogP contribution is 2.15. The van der Waals surface area contributed by atoms with Crippen molar-refractivity contribution in [2.75, 3.05) is 6.54 Å². The Balaban J connectivity index is 1.95. The summed E-state index contributed by atoms with van der Waals surface area (Å²) >= 11 is 1.72. The molecule has 0 fully saturated rings. The molecule has 0 saturated carbocycles. The van der Waals surface area contributed by atoms with Crippen LogP contribution < -0.4 is 5.73 Å². The first-order valence-corrected chi connectivity index (χ1v) is 5.92. The molecule has 4 heteroatoms. The Bertz CT molecular complexity index is 394. The summed E-state index contributed by atoms with van der Waals surface area (Å²) in [5, 5.41) is 2.06. The zero-order valence-corrected chi connectivity index (χ0v) is 9.30. The summed E-state index contributed by atoms with van der Waals surface area (Å²) in [6, 6.07) is 4.13. The van der Waals surface area contributed by atoms with E-state index in [0.717, 1.165) is 30.9 Å². The molecule has 2 aromatic heterocycles. The lowest BCUT2D eigenvalue weighted by molar-refractivity contribution is 0.460. The monoisotopic (exact) mass is 222 g/mol. The van der Waals surface area contributed by atoms with Gasteiger partial charge in [0.15, 0.2) is 5.89 Å². The number of hydrogen-bond donors (Lipinski definition) is 1. The summed E-state index contributed by atoms with van der Waals surface area (Å²) in [6.45, 7) is 0.695. The predicted octanol–water partition coefficient (Wildman–Crippen LogP) is 2.22. The molecule has 2 rings (SSSR count). The third-order valence-corrected chi connectivity index (χ3v) is 3.01. The van der Waals surface area contributed by atoms with Crippen LogP contribution in [0.25, 0.3) is 0 Å². The van der Waals surface area contributed by atoms with Gasteiger partial charge in [-0.3, -0.25) is 0 Å². The first-order valence-electron chi connectivity index (χ1n) is 5.04. The molecule has 0 aliphatic carbocycles. The van der Waals surface area contributed by atoms with Crippen LogP contribution in [0.4, 0.5) is 0 Å². The Kier molecular flexibility index (Phi) is 3.53. The largest absolute Gasteiger partial charge is 0.445 e. The van der Waals surface area contributed by atoms with Crippen molar-refractivity contribution in [2.45, 2.75) is 19.3 Å². The molecule has 2 N–H and O–H groups in total. The summed E-state index contributed by atoms with van der Waals surface area (Å²) in [6.07, 6.45) is 4.43. The number of rotatable bonds is 5. The second-order valence-corrected chi connectivity index (χ2v) is 4.40. The van der Waals surface area contributed by atoms with Gasteiger partial charge >= 0.3 is 0 Å². The third kappa shape index (κ3) is 2.91. The first-order chi connectivity index (χ1) is 7.38. The lowest BCUT2D eigenvalue weighted by Gasteiger charge is -1.93. The standard InChI is InChI=1S/C11H14N2OS/c12-5-1-3-9-8-13-11(14-9)7-10-4-2-6-15-10/h2,4,6,8H,1,3,5,7,12H2. The van der Waals surface area contributed by atoms with Crippen LogP contribution in [0.15, 0.2) is 28.1 Å². The average molecular weight is 222 g/mol. The van der Waals surface area contributed by atoms with Gasteiger partial charge in [-0.25, -0.2) is 4.98 Å². The number of nitrogens with two attached hydrogens (primary N) is 1. The van der Waals surface area contributed by atoms with Crippen LogP contribution in [0.5, 0.6) is 0 Å². The van der Waals surface area contributed by atoms with E-state index in [1.807, 2.05) is 6.07 Å². The SMILES string of the molecule is NCCCc1cnc(Cc2cccs2)o1. The smallest absolute Gasteiger partial charge is 0.199 e. The van der Waals surface area contributed by atoms with Gasteiger partial charge in [-0.15, -0.1) is 11.3 Å². The fourth-order valence-corrected chi connectivity index (χ4v) is 2.08. The lowest BCUT2D eigenvalue weighted by Crippen LogP contribution is -1.99. The van der Waals surface area contributed by atoms with E-state index in [0.29, 0.717) is 6.54 Å². The van der Waals surface area contributed by atoms with Gasteiger partial charge in [0.25, 0.3) is 0 Å². The highest BCUT2D eigenvalue weighted by atomic mass is 32.1. The Labute approximate surface area is 92.9 Å². The minimum Gasteiger partial charge on any atom is -0.445 e. The highest BCUT2D eigenvalue weighted by molar-refractivity contribution is 7.09. The van der Waals surface area contributed by atoms with Crippen LogP contribution in [-0.2, 0) is 12.8 Å². The van der Waals surface area contributed by atoms with Crippen LogP contribution in [0.1, 0.15) is 22.9 Å². The molecule has 0 amide bonds. The van der Waals surface area contributed by atoms with Gasteiger partial charge in [-0.1, -0.05) is 6.07 Å². The normalized spacial score (nSPS) is 10.7. The summed E-state index contributed by atoms with van der Waals surface area (Å²) in [5.41, 5.74) is 5.43. The quantitative estimate of drug-likeness (QED) is 0.844. The Morgan fingerprint density at radius 1 is 1.47 bits per heavy atom. The fraction of sp³-hybridized carbons (Fsp3) is 0.364. The van der Waals surface area contributed by atoms with Gasteiger partial charge in [0.05, 0.1) is 12.6 Å². The number of hydrogen-bond acceptors (Lipinski definition) is 4. The second-order valence-electron chi connectivity index (χ2n) is 3.37. The van der Waals surface area contributed by atoms with E-state index in [4.69, 9.17) is 10.2 Å². The van der Waals surface area contributed by atoms with Crippen LogP contribution >= 0.6 is 11.3 Å². The summed E-state index contributed by atoms with van der Waals surface area (Å²) in [7, 11) is 0. The minimum atomic E-state index is 0.695. The molecular formula is C11H14N2OS. The third-order valence-electron chi connectivity index (χ3n) is 2.13. The van der Waals surface area contributed by atoms with E-state index in [-0.39, 0.29) is 0 Å². The van der Waals surface area contributed by atoms with Gasteiger partial charge in [0.1, 0.15) is 5.76 Å². The minimum absolute atomic E-state index is 0.695. The molecule has 80 valence electrons. The molecule has 0 saturated heterocycles. The van der Waals surface area contributed by atoms with Crippen LogP contribution in [0.2, 0.25) is 0 Å². The molecule has 2 aromatic rings. The van der Waals surface area contributed by atoms with E-state index < -0.39 is 0 Å². The van der Waals surface area contributed by atoms with Crippen molar-refractivity contribution in [3.8, 4) is 0 Å². The maximum Gasteiger partial charge on any atom is 0.199 e. The van der Waals surface area contributed by atoms with Crippen molar-refractivity contribution in [1.29, 1.82) is 0 Å². The maximum absolute atomic E-state index is 5.60. The lowest BCUT2D eigenvalue weighted by atomic mass is 10.3. The van der Waals surface area contributed by atoms with Gasteiger partial charge in [0, 0.05) is 11.3 Å². The number of aromatic nitrogens is 1. The van der Waals surface area contributed by atoms with E-state index in [1.54, 1.807) is 17.5 Å². The summed E-state index contributed by atoms with van der Waals surface area (Å²) < 4.78 is 5.60. The Morgan fingerprint density at radius 3 is 3.13 bits per heavy atom. The molecule has 0 atom stereocenters. The average Bonchev–Trinajstić information content (AvgIpc) is 2.87. The van der Waals surface area contributed by atoms with Crippen molar-refractivity contribution in [1.82, 2.24) is 4.98 Å². The van der Waals surface area contributed by atoms with Gasteiger partial charge in [0.2, 0.25) is 0 Å². The summed E-state index contributed by atoms with van der Waals surface area (Å²) in [4.78, 5) is 5.52. The predicted molar refractivity (Wildman–Crippen MR) is 61.0 cm³/mol. The topological polar surface area (TPSA) is 52.0 Å². The van der Waals surface area contributed by atoms with Crippen molar-refractivity contribution in [2.24, 2.45) is 5.73 Å². The zero-order valence-electron chi connectivity index (χ0n) is 8.48. The van der Waals surface area contributed by atoms with Gasteiger partial charge < -0.3 is 10.2 Å². The molecule has 0 radical (unpaired) electrons. The molecule has 0 bridgehead atoms. The van der Waals surface area contributed by atoms with Gasteiger partial charge in [-0.05, 0) is 24.4 Å². The molecule has 2 heterocycles. The van der Waals surface area contributed by atoms with Crippen molar-refractivity contribution >= 4 is 11.3 Å². The highest BCUT2D eigenvalue weighted by Gasteiger charge is 2.05. The Hall–Kier alpha value is -1.13. The van der Waals surface area contributed by atoms with E-state index >= 15 is 0 Å².